The summed E-state index contributed by atoms with van der Waals surface area (Å²) in [6.07, 6.45) is 4.27. The Morgan fingerprint density at radius 3 is 3.09 bits per heavy atom. The highest BCUT2D eigenvalue weighted by atomic mass is 15.2. The topological polar surface area (TPSA) is 12.1 Å². The van der Waals surface area contributed by atoms with Crippen molar-refractivity contribution in [2.45, 2.75) is 13.1 Å². The van der Waals surface area contributed by atoms with E-state index in [1.165, 1.54) is 12.4 Å². The van der Waals surface area contributed by atoms with Crippen LogP contribution in [0, 0.1) is 0 Å². The molecule has 1 aliphatic heterocycles. The molecule has 3 nitrogen and oxygen atoms in total. The van der Waals surface area contributed by atoms with Crippen LogP contribution in [0.4, 0.5) is 0 Å². The molecular weight excluding hydrogens is 138 g/mol. The summed E-state index contributed by atoms with van der Waals surface area (Å²) in [6.45, 7) is 3.37. The molecule has 0 spiro atoms. The van der Waals surface area contributed by atoms with E-state index in [4.69, 9.17) is 0 Å². The number of hydrogen-bond donors (Lipinski definition) is 0. The van der Waals surface area contributed by atoms with Crippen LogP contribution in [0.5, 0.6) is 0 Å². The fourth-order valence-corrected chi connectivity index (χ4v) is 1.56. The molecular formula is C8H14N3+. The first-order valence-electron chi connectivity index (χ1n) is 3.99. The quantitative estimate of drug-likeness (QED) is 0.467. The molecule has 2 rings (SSSR count). The number of rotatable bonds is 0. The zero-order valence-corrected chi connectivity index (χ0v) is 7.12. The van der Waals surface area contributed by atoms with Crippen molar-refractivity contribution in [2.75, 3.05) is 13.6 Å². The largest absolute Gasteiger partial charge is 0.291 e. The van der Waals surface area contributed by atoms with Gasteiger partial charge in [-0.25, -0.2) is 9.13 Å². The molecule has 11 heavy (non-hydrogen) atoms. The van der Waals surface area contributed by atoms with Crippen molar-refractivity contribution in [2.24, 2.45) is 7.05 Å². The second-order valence-corrected chi connectivity index (χ2v) is 3.26. The molecule has 0 N–H and O–H groups in total. The van der Waals surface area contributed by atoms with Crippen LogP contribution in [-0.4, -0.2) is 23.1 Å². The van der Waals surface area contributed by atoms with Crippen LogP contribution in [-0.2, 0) is 20.1 Å². The van der Waals surface area contributed by atoms with Crippen LogP contribution in [0.15, 0.2) is 12.4 Å². The van der Waals surface area contributed by atoms with E-state index < -0.39 is 0 Å². The molecule has 3 heteroatoms. The van der Waals surface area contributed by atoms with Crippen LogP contribution in [0.2, 0.25) is 0 Å². The molecule has 2 heterocycles. The first-order chi connectivity index (χ1) is 5.27. The Balaban J connectivity index is 2.37. The van der Waals surface area contributed by atoms with Gasteiger partial charge in [-0.2, -0.15) is 0 Å². The maximum Gasteiger partial charge on any atom is 0.270 e. The minimum atomic E-state index is 1.07. The first kappa shape index (κ1) is 6.85. The summed E-state index contributed by atoms with van der Waals surface area (Å²) in [5, 5.41) is 0. The van der Waals surface area contributed by atoms with Crippen LogP contribution >= 0.6 is 0 Å². The number of likely N-dealkylation sites (N-methyl/N-ethyl adjacent to an activating group) is 1. The van der Waals surface area contributed by atoms with Gasteiger partial charge < -0.3 is 0 Å². The molecule has 0 saturated carbocycles. The molecule has 0 aromatic carbocycles. The molecule has 1 aliphatic rings. The Kier molecular flexibility index (Phi) is 1.46. The Morgan fingerprint density at radius 1 is 1.45 bits per heavy atom. The molecule has 0 bridgehead atoms. The molecule has 0 unspecified atom stereocenters. The number of aromatic nitrogens is 2. The lowest BCUT2D eigenvalue weighted by atomic mass is 10.4. The molecule has 1 aromatic heterocycles. The minimum absolute atomic E-state index is 1.07. The van der Waals surface area contributed by atoms with E-state index in [0.29, 0.717) is 0 Å². The van der Waals surface area contributed by atoms with E-state index in [2.05, 4.69) is 40.5 Å². The number of hydrogen-bond acceptors (Lipinski definition) is 1. The van der Waals surface area contributed by atoms with Crippen LogP contribution in [0.25, 0.3) is 0 Å². The predicted octanol–water partition coefficient (Wildman–Crippen LogP) is -0.242. The van der Waals surface area contributed by atoms with E-state index in [0.717, 1.165) is 13.1 Å². The van der Waals surface area contributed by atoms with Gasteiger partial charge >= 0.3 is 0 Å². The third-order valence-electron chi connectivity index (χ3n) is 2.34. The molecule has 0 amide bonds. The molecule has 0 atom stereocenters. The Morgan fingerprint density at radius 2 is 2.27 bits per heavy atom. The summed E-state index contributed by atoms with van der Waals surface area (Å²) in [7, 11) is 4.27. The van der Waals surface area contributed by atoms with Crippen molar-refractivity contribution in [3.05, 3.63) is 18.2 Å². The van der Waals surface area contributed by atoms with Crippen LogP contribution in [0.1, 0.15) is 5.82 Å². The highest BCUT2D eigenvalue weighted by Gasteiger charge is 2.21. The monoisotopic (exact) mass is 152 g/mol. The van der Waals surface area contributed by atoms with Gasteiger partial charge in [0.15, 0.2) is 0 Å². The van der Waals surface area contributed by atoms with Crippen molar-refractivity contribution in [1.29, 1.82) is 0 Å². The summed E-state index contributed by atoms with van der Waals surface area (Å²) in [4.78, 5) is 2.34. The number of aryl methyl sites for hydroxylation is 1. The minimum Gasteiger partial charge on any atom is -0.291 e. The van der Waals surface area contributed by atoms with E-state index in [1.807, 2.05) is 0 Å². The predicted molar refractivity (Wildman–Crippen MR) is 41.9 cm³/mol. The average Bonchev–Trinajstić information content (AvgIpc) is 2.33. The van der Waals surface area contributed by atoms with E-state index in [-0.39, 0.29) is 0 Å². The maximum absolute atomic E-state index is 2.34. The second kappa shape index (κ2) is 2.34. The van der Waals surface area contributed by atoms with Crippen molar-refractivity contribution in [3.63, 3.8) is 0 Å². The summed E-state index contributed by atoms with van der Waals surface area (Å²) in [5.41, 5.74) is 0. The van der Waals surface area contributed by atoms with Gasteiger partial charge in [-0.05, 0) is 7.05 Å². The van der Waals surface area contributed by atoms with Gasteiger partial charge in [0.1, 0.15) is 25.5 Å². The van der Waals surface area contributed by atoms with Gasteiger partial charge in [0.25, 0.3) is 5.82 Å². The smallest absolute Gasteiger partial charge is 0.270 e. The summed E-state index contributed by atoms with van der Waals surface area (Å²) >= 11 is 0. The van der Waals surface area contributed by atoms with E-state index >= 15 is 0 Å². The number of fused-ring (bicyclic) bond motifs is 1. The fourth-order valence-electron chi connectivity index (χ4n) is 1.56. The second-order valence-electron chi connectivity index (χ2n) is 3.26. The Hall–Kier alpha value is -0.830. The maximum atomic E-state index is 2.34. The molecule has 60 valence electrons. The van der Waals surface area contributed by atoms with Gasteiger partial charge in [-0.1, -0.05) is 0 Å². The standard InChI is InChI=1S/C8H14N3/c1-9-3-5-11-6-4-10(2)8(11)7-9/h4,6H,3,5,7H2,1-2H3/q+1. The number of imidazole rings is 1. The van der Waals surface area contributed by atoms with E-state index in [1.54, 1.807) is 0 Å². The average molecular weight is 152 g/mol. The molecule has 1 aromatic rings. The SMILES string of the molecule is CN1CCn2cc[n+](C)c2C1. The van der Waals surface area contributed by atoms with Gasteiger partial charge in [-0.3, -0.25) is 4.90 Å². The Bertz CT molecular complexity index is 264. The highest BCUT2D eigenvalue weighted by molar-refractivity contribution is 4.87. The third kappa shape index (κ3) is 1.05. The zero-order chi connectivity index (χ0) is 7.84. The lowest BCUT2D eigenvalue weighted by molar-refractivity contribution is -0.680. The van der Waals surface area contributed by atoms with Gasteiger partial charge in [0.05, 0.1) is 7.05 Å². The van der Waals surface area contributed by atoms with Crippen molar-refractivity contribution in [3.8, 4) is 0 Å². The van der Waals surface area contributed by atoms with Gasteiger partial charge in [0.2, 0.25) is 0 Å². The third-order valence-corrected chi connectivity index (χ3v) is 2.34. The molecule has 0 radical (unpaired) electrons. The normalized spacial score (nSPS) is 18.4. The Labute approximate surface area is 66.9 Å². The lowest BCUT2D eigenvalue weighted by Crippen LogP contribution is -2.40. The van der Waals surface area contributed by atoms with E-state index in [9.17, 15) is 0 Å². The number of nitrogens with zero attached hydrogens (tertiary/aromatic N) is 3. The highest BCUT2D eigenvalue weighted by Crippen LogP contribution is 2.05. The van der Waals surface area contributed by atoms with Crippen molar-refractivity contribution >= 4 is 0 Å². The molecule has 0 fully saturated rings. The lowest BCUT2D eigenvalue weighted by Gasteiger charge is -2.19. The van der Waals surface area contributed by atoms with Crippen molar-refractivity contribution in [1.82, 2.24) is 9.47 Å². The molecule has 0 aliphatic carbocycles. The summed E-state index contributed by atoms with van der Waals surface area (Å²) in [5.74, 6) is 1.40. The summed E-state index contributed by atoms with van der Waals surface area (Å²) in [6, 6.07) is 0. The fraction of sp³-hybridized carbons (Fsp3) is 0.625. The van der Waals surface area contributed by atoms with Gasteiger partial charge in [0, 0.05) is 6.54 Å². The summed E-state index contributed by atoms with van der Waals surface area (Å²) < 4.78 is 4.51. The van der Waals surface area contributed by atoms with Crippen molar-refractivity contribution < 1.29 is 4.57 Å². The molecule has 0 saturated heterocycles. The zero-order valence-electron chi connectivity index (χ0n) is 7.12. The van der Waals surface area contributed by atoms with Crippen LogP contribution < -0.4 is 4.57 Å². The van der Waals surface area contributed by atoms with Crippen LogP contribution in [0.3, 0.4) is 0 Å². The first-order valence-corrected chi connectivity index (χ1v) is 3.99. The van der Waals surface area contributed by atoms with Gasteiger partial charge in [-0.15, -0.1) is 0 Å².